The molecule has 12 heteroatoms. The number of benzene rings is 1. The summed E-state index contributed by atoms with van der Waals surface area (Å²) in [5.41, 5.74) is 0.179. The summed E-state index contributed by atoms with van der Waals surface area (Å²) in [7, 11) is -3.15. The number of sulfone groups is 1. The van der Waals surface area contributed by atoms with Crippen LogP contribution < -0.4 is 10.2 Å². The lowest BCUT2D eigenvalue weighted by molar-refractivity contribution is -0.384. The molecular formula is C17H21N3O8S. The van der Waals surface area contributed by atoms with Crippen molar-refractivity contribution in [2.24, 2.45) is 0 Å². The number of anilines is 1. The van der Waals surface area contributed by atoms with Crippen LogP contribution in [0.4, 0.5) is 11.4 Å². The van der Waals surface area contributed by atoms with Crippen molar-refractivity contribution >= 4 is 33.1 Å². The highest BCUT2D eigenvalue weighted by atomic mass is 32.2. The number of hydrogen-bond donors (Lipinski definition) is 1. The molecule has 3 rings (SSSR count). The topological polar surface area (TPSA) is 145 Å². The van der Waals surface area contributed by atoms with Gasteiger partial charge >= 0.3 is 5.97 Å². The number of carbonyl (C=O) groups is 2. The summed E-state index contributed by atoms with van der Waals surface area (Å²) in [5, 5.41) is 13.6. The number of nitro benzene ring substituents is 1. The lowest BCUT2D eigenvalue weighted by atomic mass is 10.1. The molecule has 0 aliphatic carbocycles. The predicted octanol–water partition coefficient (Wildman–Crippen LogP) is -0.108. The molecule has 0 bridgehead atoms. The fourth-order valence-electron chi connectivity index (χ4n) is 3.27. The zero-order valence-electron chi connectivity index (χ0n) is 15.5. The van der Waals surface area contributed by atoms with Crippen LogP contribution in [0.2, 0.25) is 0 Å². The Labute approximate surface area is 167 Å². The summed E-state index contributed by atoms with van der Waals surface area (Å²) in [6.07, 6.45) is 0.314. The van der Waals surface area contributed by atoms with E-state index >= 15 is 0 Å². The monoisotopic (exact) mass is 427 g/mol. The SMILES string of the molecule is O=C(COC(=O)c1cc([N+](=O)[O-])ccc1N1CCOCC1)N[C@@H]1CCS(=O)(=O)C1. The average Bonchev–Trinajstić information content (AvgIpc) is 3.04. The molecule has 11 nitrogen and oxygen atoms in total. The fourth-order valence-corrected chi connectivity index (χ4v) is 4.94. The standard InChI is InChI=1S/C17H21N3O8S/c21-16(18-12-3-8-29(25,26)11-12)10-28-17(22)14-9-13(20(23)24)1-2-15(14)19-4-6-27-7-5-19/h1-2,9,12H,3-8,10-11H2,(H,18,21)/t12-/m1/s1. The molecule has 2 aliphatic heterocycles. The van der Waals surface area contributed by atoms with E-state index in [1.807, 2.05) is 4.90 Å². The van der Waals surface area contributed by atoms with Gasteiger partial charge in [0.25, 0.3) is 11.6 Å². The molecule has 2 fully saturated rings. The predicted molar refractivity (Wildman–Crippen MR) is 102 cm³/mol. The van der Waals surface area contributed by atoms with Crippen LogP contribution in [0.15, 0.2) is 18.2 Å². The van der Waals surface area contributed by atoms with E-state index < -0.39 is 39.3 Å². The van der Waals surface area contributed by atoms with Crippen molar-refractivity contribution in [1.29, 1.82) is 0 Å². The van der Waals surface area contributed by atoms with Gasteiger partial charge in [-0.3, -0.25) is 14.9 Å². The Morgan fingerprint density at radius 3 is 2.66 bits per heavy atom. The number of nitrogens with zero attached hydrogens (tertiary/aromatic N) is 2. The van der Waals surface area contributed by atoms with Gasteiger partial charge in [-0.1, -0.05) is 0 Å². The highest BCUT2D eigenvalue weighted by Gasteiger charge is 2.29. The third-order valence-electron chi connectivity index (χ3n) is 4.69. The van der Waals surface area contributed by atoms with Gasteiger partial charge in [0.15, 0.2) is 16.4 Å². The second kappa shape index (κ2) is 8.74. The van der Waals surface area contributed by atoms with E-state index in [0.29, 0.717) is 38.4 Å². The minimum absolute atomic E-state index is 0.00826. The maximum Gasteiger partial charge on any atom is 0.341 e. The molecule has 29 heavy (non-hydrogen) atoms. The molecule has 1 aromatic rings. The molecule has 1 amide bonds. The molecule has 158 valence electrons. The summed E-state index contributed by atoms with van der Waals surface area (Å²) < 4.78 is 33.2. The summed E-state index contributed by atoms with van der Waals surface area (Å²) in [6, 6.07) is 3.39. The number of morpholine rings is 1. The lowest BCUT2D eigenvalue weighted by Gasteiger charge is -2.30. The van der Waals surface area contributed by atoms with Crippen LogP contribution in [-0.4, -0.2) is 75.7 Å². The van der Waals surface area contributed by atoms with Crippen molar-refractivity contribution in [3.63, 3.8) is 0 Å². The Morgan fingerprint density at radius 2 is 2.03 bits per heavy atom. The third kappa shape index (κ3) is 5.41. The average molecular weight is 427 g/mol. The minimum atomic E-state index is -3.15. The summed E-state index contributed by atoms with van der Waals surface area (Å²) >= 11 is 0. The van der Waals surface area contributed by atoms with Gasteiger partial charge in [0.05, 0.1) is 40.9 Å². The Morgan fingerprint density at radius 1 is 1.31 bits per heavy atom. The first-order valence-electron chi connectivity index (χ1n) is 9.03. The number of hydrogen-bond acceptors (Lipinski definition) is 9. The van der Waals surface area contributed by atoms with Gasteiger partial charge in [-0.25, -0.2) is 13.2 Å². The van der Waals surface area contributed by atoms with E-state index in [4.69, 9.17) is 9.47 Å². The van der Waals surface area contributed by atoms with E-state index in [0.717, 1.165) is 6.07 Å². The minimum Gasteiger partial charge on any atom is -0.452 e. The van der Waals surface area contributed by atoms with E-state index in [2.05, 4.69) is 5.32 Å². The summed E-state index contributed by atoms with van der Waals surface area (Å²) in [4.78, 5) is 36.9. The Bertz CT molecular complexity index is 911. The molecule has 2 heterocycles. The second-order valence-corrected chi connectivity index (χ2v) is 9.03. The van der Waals surface area contributed by atoms with Crippen molar-refractivity contribution in [2.45, 2.75) is 12.5 Å². The first-order valence-corrected chi connectivity index (χ1v) is 10.9. The quantitative estimate of drug-likeness (QED) is 0.373. The van der Waals surface area contributed by atoms with Crippen molar-refractivity contribution in [2.75, 3.05) is 49.3 Å². The zero-order valence-corrected chi connectivity index (χ0v) is 16.4. The summed E-state index contributed by atoms with van der Waals surface area (Å²) in [6.45, 7) is 1.32. The van der Waals surface area contributed by atoms with E-state index in [1.165, 1.54) is 12.1 Å². The molecule has 0 spiro atoms. The van der Waals surface area contributed by atoms with Crippen molar-refractivity contribution < 1.29 is 32.4 Å². The molecule has 1 N–H and O–H groups in total. The molecule has 0 unspecified atom stereocenters. The van der Waals surface area contributed by atoms with Crippen LogP contribution in [-0.2, 0) is 24.1 Å². The fraction of sp³-hybridized carbons (Fsp3) is 0.529. The molecule has 0 radical (unpaired) electrons. The van der Waals surface area contributed by atoms with Crippen molar-refractivity contribution in [3.8, 4) is 0 Å². The van der Waals surface area contributed by atoms with Gasteiger partial charge in [-0.15, -0.1) is 0 Å². The number of nitrogens with one attached hydrogen (secondary N) is 1. The maximum absolute atomic E-state index is 12.5. The number of carbonyl (C=O) groups excluding carboxylic acids is 2. The normalized spacial score (nSPS) is 20.8. The zero-order chi connectivity index (χ0) is 21.0. The highest BCUT2D eigenvalue weighted by Crippen LogP contribution is 2.27. The van der Waals surface area contributed by atoms with E-state index in [1.54, 1.807) is 0 Å². The number of non-ortho nitro benzene ring substituents is 1. The number of esters is 1. The smallest absolute Gasteiger partial charge is 0.341 e. The maximum atomic E-state index is 12.5. The third-order valence-corrected chi connectivity index (χ3v) is 6.46. The largest absolute Gasteiger partial charge is 0.452 e. The van der Waals surface area contributed by atoms with Crippen molar-refractivity contribution in [3.05, 3.63) is 33.9 Å². The van der Waals surface area contributed by atoms with Crippen LogP contribution in [0.1, 0.15) is 16.8 Å². The van der Waals surface area contributed by atoms with Crippen LogP contribution in [0, 0.1) is 10.1 Å². The molecule has 1 aromatic carbocycles. The van der Waals surface area contributed by atoms with Crippen LogP contribution in [0.25, 0.3) is 0 Å². The van der Waals surface area contributed by atoms with E-state index in [9.17, 15) is 28.1 Å². The van der Waals surface area contributed by atoms with Gasteiger partial charge in [0.1, 0.15) is 0 Å². The first kappa shape index (κ1) is 21.0. The molecule has 2 aliphatic rings. The highest BCUT2D eigenvalue weighted by molar-refractivity contribution is 7.91. The second-order valence-electron chi connectivity index (χ2n) is 6.80. The molecule has 2 saturated heterocycles. The number of ether oxygens (including phenoxy) is 2. The van der Waals surface area contributed by atoms with E-state index in [-0.39, 0.29) is 22.8 Å². The van der Waals surface area contributed by atoms with Gasteiger partial charge in [-0.05, 0) is 12.5 Å². The van der Waals surface area contributed by atoms with Gasteiger partial charge < -0.3 is 19.7 Å². The molecule has 1 atom stereocenters. The molecular weight excluding hydrogens is 406 g/mol. The van der Waals surface area contributed by atoms with Crippen molar-refractivity contribution in [1.82, 2.24) is 5.32 Å². The Hall–Kier alpha value is -2.73. The van der Waals surface area contributed by atoms with Crippen LogP contribution >= 0.6 is 0 Å². The van der Waals surface area contributed by atoms with Gasteiger partial charge in [0.2, 0.25) is 0 Å². The molecule has 0 saturated carbocycles. The van der Waals surface area contributed by atoms with Crippen LogP contribution in [0.3, 0.4) is 0 Å². The number of nitro groups is 1. The Kier molecular flexibility index (Phi) is 6.33. The Balaban J connectivity index is 1.67. The number of amides is 1. The first-order chi connectivity index (χ1) is 13.7. The summed E-state index contributed by atoms with van der Waals surface area (Å²) in [5.74, 6) is -1.63. The van der Waals surface area contributed by atoms with Gasteiger partial charge in [0, 0.05) is 31.3 Å². The lowest BCUT2D eigenvalue weighted by Crippen LogP contribution is -2.39. The van der Waals surface area contributed by atoms with Gasteiger partial charge in [-0.2, -0.15) is 0 Å². The molecule has 0 aromatic heterocycles. The van der Waals surface area contributed by atoms with Crippen LogP contribution in [0.5, 0.6) is 0 Å². The number of rotatable bonds is 6.